The topological polar surface area (TPSA) is 80.2 Å². The molecule has 28 heavy (non-hydrogen) atoms. The molecule has 0 aliphatic carbocycles. The van der Waals surface area contributed by atoms with Crippen molar-refractivity contribution in [1.82, 2.24) is 20.1 Å². The zero-order valence-electron chi connectivity index (χ0n) is 15.5. The van der Waals surface area contributed by atoms with Crippen molar-refractivity contribution in [3.8, 4) is 16.3 Å². The third-order valence-corrected chi connectivity index (χ3v) is 6.37. The van der Waals surface area contributed by atoms with Crippen LogP contribution in [0.4, 0.5) is 5.13 Å². The summed E-state index contributed by atoms with van der Waals surface area (Å²) in [6.07, 6.45) is 1.69. The van der Waals surface area contributed by atoms with Gasteiger partial charge in [-0.3, -0.25) is 9.69 Å². The molecule has 1 aliphatic rings. The molecule has 0 bridgehead atoms. The summed E-state index contributed by atoms with van der Waals surface area (Å²) in [5, 5.41) is 14.2. The van der Waals surface area contributed by atoms with E-state index < -0.39 is 0 Å². The average Bonchev–Trinajstić information content (AvgIpc) is 3.41. The number of likely N-dealkylation sites (tertiary alicyclic amines) is 1. The van der Waals surface area contributed by atoms with Gasteiger partial charge in [0.15, 0.2) is 0 Å². The van der Waals surface area contributed by atoms with Gasteiger partial charge < -0.3 is 10.1 Å². The van der Waals surface area contributed by atoms with Crippen LogP contribution in [0.25, 0.3) is 10.6 Å². The molecule has 0 atom stereocenters. The molecule has 146 valence electrons. The molecule has 0 unspecified atom stereocenters. The first-order valence-corrected chi connectivity index (χ1v) is 10.9. The number of carbonyl (C=O) groups excluding carboxylic acids is 1. The zero-order valence-corrected chi connectivity index (χ0v) is 17.1. The summed E-state index contributed by atoms with van der Waals surface area (Å²) in [5.74, 6) is 0.927. The molecule has 9 heteroatoms. The number of ether oxygens (including phenoxy) is 1. The molecule has 0 spiro atoms. The summed E-state index contributed by atoms with van der Waals surface area (Å²) >= 11 is 3.00. The summed E-state index contributed by atoms with van der Waals surface area (Å²) in [7, 11) is 1.67. The van der Waals surface area contributed by atoms with Gasteiger partial charge >= 0.3 is 0 Å². The Morgan fingerprint density at radius 1 is 1.25 bits per heavy atom. The second-order valence-electron chi connectivity index (χ2n) is 6.66. The average molecular weight is 416 g/mol. The van der Waals surface area contributed by atoms with Crippen LogP contribution in [0.2, 0.25) is 0 Å². The number of nitrogens with one attached hydrogen (secondary N) is 1. The molecule has 4 rings (SSSR count). The van der Waals surface area contributed by atoms with Gasteiger partial charge in [0, 0.05) is 23.4 Å². The summed E-state index contributed by atoms with van der Waals surface area (Å²) in [4.78, 5) is 19.5. The number of rotatable bonds is 6. The SMILES string of the molecule is COc1ccc(-c2nc(CN3CCC(C(=O)Nc4nncs4)CC3)cs2)cc1. The van der Waals surface area contributed by atoms with E-state index in [0.717, 1.165) is 54.5 Å². The molecule has 1 amide bonds. The van der Waals surface area contributed by atoms with E-state index in [9.17, 15) is 4.79 Å². The Labute approximate surface area is 171 Å². The molecule has 7 nitrogen and oxygen atoms in total. The Bertz CT molecular complexity index is 903. The van der Waals surface area contributed by atoms with Crippen molar-refractivity contribution in [3.63, 3.8) is 0 Å². The van der Waals surface area contributed by atoms with Crippen LogP contribution in [0, 0.1) is 5.92 Å². The number of aromatic nitrogens is 3. The largest absolute Gasteiger partial charge is 0.497 e. The molecule has 1 saturated heterocycles. The summed E-state index contributed by atoms with van der Waals surface area (Å²) in [6, 6.07) is 7.97. The Morgan fingerprint density at radius 2 is 2.04 bits per heavy atom. The molecule has 0 radical (unpaired) electrons. The maximum absolute atomic E-state index is 12.3. The van der Waals surface area contributed by atoms with Gasteiger partial charge in [0.05, 0.1) is 12.8 Å². The third kappa shape index (κ3) is 4.54. The Hall–Kier alpha value is -2.36. The van der Waals surface area contributed by atoms with Gasteiger partial charge in [0.25, 0.3) is 0 Å². The summed E-state index contributed by atoms with van der Waals surface area (Å²) < 4.78 is 5.21. The van der Waals surface area contributed by atoms with E-state index in [0.29, 0.717) is 5.13 Å². The van der Waals surface area contributed by atoms with Crippen LogP contribution in [-0.4, -0.2) is 46.2 Å². The van der Waals surface area contributed by atoms with Crippen LogP contribution in [0.1, 0.15) is 18.5 Å². The quantitative estimate of drug-likeness (QED) is 0.663. The van der Waals surface area contributed by atoms with E-state index in [-0.39, 0.29) is 11.8 Å². The minimum atomic E-state index is 0.0328. The number of thiazole rings is 1. The number of hydrogen-bond acceptors (Lipinski definition) is 8. The van der Waals surface area contributed by atoms with Gasteiger partial charge in [-0.05, 0) is 50.2 Å². The number of anilines is 1. The lowest BCUT2D eigenvalue weighted by atomic mass is 9.96. The smallest absolute Gasteiger partial charge is 0.229 e. The number of carbonyl (C=O) groups is 1. The van der Waals surface area contributed by atoms with E-state index in [4.69, 9.17) is 9.72 Å². The van der Waals surface area contributed by atoms with E-state index in [2.05, 4.69) is 25.8 Å². The zero-order chi connectivity index (χ0) is 19.3. The first kappa shape index (κ1) is 19.0. The van der Waals surface area contributed by atoms with Gasteiger partial charge in [0.1, 0.15) is 16.3 Å². The molecule has 0 saturated carbocycles. The predicted molar refractivity (Wildman–Crippen MR) is 111 cm³/mol. The Balaban J connectivity index is 1.29. The van der Waals surface area contributed by atoms with Gasteiger partial charge in [0.2, 0.25) is 11.0 Å². The van der Waals surface area contributed by atoms with Crippen molar-refractivity contribution < 1.29 is 9.53 Å². The molecule has 3 heterocycles. The predicted octanol–water partition coefficient (Wildman–Crippen LogP) is 3.52. The number of amides is 1. The molecular weight excluding hydrogens is 394 g/mol. The summed E-state index contributed by atoms with van der Waals surface area (Å²) in [6.45, 7) is 2.60. The van der Waals surface area contributed by atoms with E-state index >= 15 is 0 Å². The molecule has 1 aromatic carbocycles. The number of nitrogens with zero attached hydrogens (tertiary/aromatic N) is 4. The fourth-order valence-electron chi connectivity index (χ4n) is 3.26. The summed E-state index contributed by atoms with van der Waals surface area (Å²) in [5.41, 5.74) is 3.79. The van der Waals surface area contributed by atoms with Crippen LogP contribution in [-0.2, 0) is 11.3 Å². The molecule has 2 aromatic heterocycles. The Kier molecular flexibility index (Phi) is 5.94. The van der Waals surface area contributed by atoms with Crippen LogP contribution in [0.15, 0.2) is 35.2 Å². The fraction of sp³-hybridized carbons (Fsp3) is 0.368. The van der Waals surface area contributed by atoms with Crippen molar-refractivity contribution in [2.45, 2.75) is 19.4 Å². The number of methoxy groups -OCH3 is 1. The highest BCUT2D eigenvalue weighted by atomic mass is 32.1. The lowest BCUT2D eigenvalue weighted by molar-refractivity contribution is -0.121. The second-order valence-corrected chi connectivity index (χ2v) is 8.35. The van der Waals surface area contributed by atoms with Gasteiger partial charge in [-0.15, -0.1) is 21.5 Å². The fourth-order valence-corrected chi connectivity index (χ4v) is 4.53. The van der Waals surface area contributed by atoms with Gasteiger partial charge in [-0.25, -0.2) is 4.98 Å². The molecule has 1 aliphatic heterocycles. The van der Waals surface area contributed by atoms with Crippen LogP contribution >= 0.6 is 22.7 Å². The van der Waals surface area contributed by atoms with Crippen LogP contribution in [0.3, 0.4) is 0 Å². The van der Waals surface area contributed by atoms with Crippen LogP contribution < -0.4 is 10.1 Å². The first-order valence-electron chi connectivity index (χ1n) is 9.09. The lowest BCUT2D eigenvalue weighted by Gasteiger charge is -2.30. The molecule has 1 fully saturated rings. The normalized spacial score (nSPS) is 15.5. The minimum Gasteiger partial charge on any atom is -0.497 e. The van der Waals surface area contributed by atoms with E-state index in [1.54, 1.807) is 24.0 Å². The lowest BCUT2D eigenvalue weighted by Crippen LogP contribution is -2.37. The van der Waals surface area contributed by atoms with Crippen molar-refractivity contribution in [2.24, 2.45) is 5.92 Å². The van der Waals surface area contributed by atoms with E-state index in [1.165, 1.54) is 11.3 Å². The highest BCUT2D eigenvalue weighted by Gasteiger charge is 2.26. The minimum absolute atomic E-state index is 0.0328. The second kappa shape index (κ2) is 8.76. The van der Waals surface area contributed by atoms with Gasteiger partial charge in [-0.1, -0.05) is 11.3 Å². The monoisotopic (exact) mass is 415 g/mol. The van der Waals surface area contributed by atoms with Crippen molar-refractivity contribution >= 4 is 33.7 Å². The van der Waals surface area contributed by atoms with Crippen molar-refractivity contribution in [3.05, 3.63) is 40.8 Å². The Morgan fingerprint density at radius 3 is 2.71 bits per heavy atom. The van der Waals surface area contributed by atoms with Crippen molar-refractivity contribution in [2.75, 3.05) is 25.5 Å². The maximum atomic E-state index is 12.3. The highest BCUT2D eigenvalue weighted by Crippen LogP contribution is 2.27. The molecule has 1 N–H and O–H groups in total. The van der Waals surface area contributed by atoms with Crippen LogP contribution in [0.5, 0.6) is 5.75 Å². The molecule has 3 aromatic rings. The first-order chi connectivity index (χ1) is 13.7. The van der Waals surface area contributed by atoms with E-state index in [1.807, 2.05) is 24.3 Å². The molecular formula is C19H21N5O2S2. The maximum Gasteiger partial charge on any atom is 0.229 e. The van der Waals surface area contributed by atoms with Gasteiger partial charge in [-0.2, -0.15) is 0 Å². The number of hydrogen-bond donors (Lipinski definition) is 1. The van der Waals surface area contributed by atoms with Crippen molar-refractivity contribution in [1.29, 1.82) is 0 Å². The highest BCUT2D eigenvalue weighted by molar-refractivity contribution is 7.13. The standard InChI is InChI=1S/C19H21N5O2S2/c1-26-16-4-2-14(3-5-16)18-21-15(11-27-18)10-24-8-6-13(7-9-24)17(25)22-19-23-20-12-28-19/h2-5,11-13H,6-10H2,1H3,(H,22,23,25). The number of piperidine rings is 1. The number of benzene rings is 1. The third-order valence-electron chi connectivity index (χ3n) is 4.82.